The van der Waals surface area contributed by atoms with Gasteiger partial charge in [0, 0.05) is 20.8 Å². The van der Waals surface area contributed by atoms with Crippen LogP contribution in [0.15, 0.2) is 77.3 Å². The van der Waals surface area contributed by atoms with Gasteiger partial charge in [0.2, 0.25) is 5.88 Å². The lowest BCUT2D eigenvalue weighted by Gasteiger charge is -2.11. The van der Waals surface area contributed by atoms with Crippen LogP contribution in [0.3, 0.4) is 0 Å². The maximum Gasteiger partial charge on any atom is 0.241 e. The number of ether oxygens (including phenoxy) is 2. The Labute approximate surface area is 172 Å². The normalized spacial score (nSPS) is 10.8. The molecule has 4 nitrogen and oxygen atoms in total. The van der Waals surface area contributed by atoms with Gasteiger partial charge in [0.05, 0.1) is 0 Å². The van der Waals surface area contributed by atoms with Crippen LogP contribution in [0, 0.1) is 6.92 Å². The predicted molar refractivity (Wildman–Crippen MR) is 115 cm³/mol. The SMILES string of the molecule is Cc1ccc(-c2nnc(OCCOc3ccc(Br)cc3)c3ccccc23)cc1. The van der Waals surface area contributed by atoms with Crippen molar-refractivity contribution in [2.45, 2.75) is 6.92 Å². The highest BCUT2D eigenvalue weighted by Crippen LogP contribution is 2.30. The van der Waals surface area contributed by atoms with E-state index >= 15 is 0 Å². The summed E-state index contributed by atoms with van der Waals surface area (Å²) in [6, 6.07) is 24.0. The van der Waals surface area contributed by atoms with Crippen LogP contribution >= 0.6 is 15.9 Å². The lowest BCUT2D eigenvalue weighted by Crippen LogP contribution is -2.10. The van der Waals surface area contributed by atoms with Gasteiger partial charge >= 0.3 is 0 Å². The molecule has 28 heavy (non-hydrogen) atoms. The smallest absolute Gasteiger partial charge is 0.241 e. The van der Waals surface area contributed by atoms with Gasteiger partial charge in [-0.3, -0.25) is 0 Å². The number of fused-ring (bicyclic) bond motifs is 1. The van der Waals surface area contributed by atoms with Crippen LogP contribution in [0.5, 0.6) is 11.6 Å². The van der Waals surface area contributed by atoms with Crippen LogP contribution in [0.2, 0.25) is 0 Å². The lowest BCUT2D eigenvalue weighted by molar-refractivity contribution is 0.212. The molecule has 140 valence electrons. The Balaban J connectivity index is 1.51. The van der Waals surface area contributed by atoms with Crippen molar-refractivity contribution < 1.29 is 9.47 Å². The number of nitrogens with zero attached hydrogens (tertiary/aromatic N) is 2. The fourth-order valence-corrected chi connectivity index (χ4v) is 3.20. The standard InChI is InChI=1S/C23H19BrN2O2/c1-16-6-8-17(9-7-16)22-20-4-2-3-5-21(20)23(26-25-22)28-15-14-27-19-12-10-18(24)11-13-19/h2-13H,14-15H2,1H3. The molecule has 4 aromatic rings. The van der Waals surface area contributed by atoms with Crippen LogP contribution in [0.1, 0.15) is 5.56 Å². The molecule has 0 fully saturated rings. The van der Waals surface area contributed by atoms with Crippen molar-refractivity contribution in [1.82, 2.24) is 10.2 Å². The quantitative estimate of drug-likeness (QED) is 0.358. The molecular weight excluding hydrogens is 416 g/mol. The van der Waals surface area contributed by atoms with E-state index in [2.05, 4.69) is 57.3 Å². The Morgan fingerprint density at radius 2 is 1.43 bits per heavy atom. The first kappa shape index (κ1) is 18.4. The topological polar surface area (TPSA) is 44.2 Å². The van der Waals surface area contributed by atoms with Gasteiger partial charge in [0.1, 0.15) is 24.7 Å². The van der Waals surface area contributed by atoms with Crippen molar-refractivity contribution in [2.75, 3.05) is 13.2 Å². The fourth-order valence-electron chi connectivity index (χ4n) is 2.94. The second-order valence-electron chi connectivity index (χ2n) is 6.42. The molecule has 0 saturated carbocycles. The summed E-state index contributed by atoms with van der Waals surface area (Å²) < 4.78 is 12.6. The minimum Gasteiger partial charge on any atom is -0.490 e. The molecule has 4 rings (SSSR count). The second-order valence-corrected chi connectivity index (χ2v) is 7.33. The average Bonchev–Trinajstić information content (AvgIpc) is 2.73. The first-order valence-corrected chi connectivity index (χ1v) is 9.83. The van der Waals surface area contributed by atoms with Gasteiger partial charge in [-0.2, -0.15) is 0 Å². The number of rotatable bonds is 6. The van der Waals surface area contributed by atoms with Gasteiger partial charge in [-0.25, -0.2) is 0 Å². The van der Waals surface area contributed by atoms with E-state index in [9.17, 15) is 0 Å². The molecule has 0 aliphatic carbocycles. The minimum absolute atomic E-state index is 0.388. The van der Waals surface area contributed by atoms with Gasteiger partial charge < -0.3 is 9.47 Å². The molecule has 0 spiro atoms. The van der Waals surface area contributed by atoms with E-state index in [1.165, 1.54) is 5.56 Å². The Hall–Kier alpha value is -2.92. The van der Waals surface area contributed by atoms with E-state index in [4.69, 9.17) is 9.47 Å². The van der Waals surface area contributed by atoms with Crippen LogP contribution in [-0.2, 0) is 0 Å². The first-order chi connectivity index (χ1) is 13.7. The zero-order valence-corrected chi connectivity index (χ0v) is 17.0. The Morgan fingerprint density at radius 1 is 0.750 bits per heavy atom. The first-order valence-electron chi connectivity index (χ1n) is 9.04. The molecule has 0 atom stereocenters. The molecule has 0 bridgehead atoms. The summed E-state index contributed by atoms with van der Waals surface area (Å²) in [5.41, 5.74) is 3.11. The summed E-state index contributed by atoms with van der Waals surface area (Å²) in [6.07, 6.45) is 0. The Morgan fingerprint density at radius 3 is 2.18 bits per heavy atom. The number of aryl methyl sites for hydroxylation is 1. The molecule has 0 amide bonds. The molecule has 1 heterocycles. The zero-order chi connectivity index (χ0) is 19.3. The summed E-state index contributed by atoms with van der Waals surface area (Å²) in [4.78, 5) is 0. The minimum atomic E-state index is 0.388. The van der Waals surface area contributed by atoms with Crippen molar-refractivity contribution in [2.24, 2.45) is 0 Å². The van der Waals surface area contributed by atoms with Crippen molar-refractivity contribution in [1.29, 1.82) is 0 Å². The van der Waals surface area contributed by atoms with E-state index in [1.54, 1.807) is 0 Å². The van der Waals surface area contributed by atoms with Gasteiger partial charge in [0.25, 0.3) is 0 Å². The summed E-state index contributed by atoms with van der Waals surface area (Å²) in [7, 11) is 0. The number of hydrogen-bond donors (Lipinski definition) is 0. The van der Waals surface area contributed by atoms with Crippen LogP contribution in [0.25, 0.3) is 22.0 Å². The molecule has 0 aliphatic rings. The van der Waals surface area contributed by atoms with Gasteiger partial charge in [0.15, 0.2) is 0 Å². The summed E-state index contributed by atoms with van der Waals surface area (Å²) in [6.45, 7) is 2.89. The number of aromatic nitrogens is 2. The molecular formula is C23H19BrN2O2. The largest absolute Gasteiger partial charge is 0.490 e. The van der Waals surface area contributed by atoms with Crippen LogP contribution < -0.4 is 9.47 Å². The van der Waals surface area contributed by atoms with E-state index < -0.39 is 0 Å². The van der Waals surface area contributed by atoms with Gasteiger partial charge in [-0.15, -0.1) is 10.2 Å². The number of hydrogen-bond acceptors (Lipinski definition) is 4. The van der Waals surface area contributed by atoms with Crippen molar-refractivity contribution in [3.8, 4) is 22.9 Å². The van der Waals surface area contributed by atoms with E-state index in [1.807, 2.05) is 48.5 Å². The molecule has 1 aromatic heterocycles. The third kappa shape index (κ3) is 4.15. The second kappa shape index (κ2) is 8.40. The highest BCUT2D eigenvalue weighted by atomic mass is 79.9. The predicted octanol–water partition coefficient (Wildman–Crippen LogP) is 5.83. The molecule has 0 radical (unpaired) electrons. The van der Waals surface area contributed by atoms with Crippen LogP contribution in [-0.4, -0.2) is 23.4 Å². The van der Waals surface area contributed by atoms with Crippen molar-refractivity contribution in [3.05, 3.63) is 82.8 Å². The van der Waals surface area contributed by atoms with Crippen molar-refractivity contribution >= 4 is 26.7 Å². The van der Waals surface area contributed by atoms with E-state index in [0.717, 1.165) is 32.3 Å². The van der Waals surface area contributed by atoms with Crippen molar-refractivity contribution in [3.63, 3.8) is 0 Å². The highest BCUT2D eigenvalue weighted by Gasteiger charge is 2.11. The summed E-state index contributed by atoms with van der Waals surface area (Å²) in [5.74, 6) is 1.32. The fraction of sp³-hybridized carbons (Fsp3) is 0.130. The Kier molecular flexibility index (Phi) is 5.53. The van der Waals surface area contributed by atoms with Gasteiger partial charge in [-0.1, -0.05) is 64.0 Å². The third-order valence-corrected chi connectivity index (χ3v) is 4.91. The summed E-state index contributed by atoms with van der Waals surface area (Å²) >= 11 is 3.41. The maximum absolute atomic E-state index is 5.87. The monoisotopic (exact) mass is 434 g/mol. The lowest BCUT2D eigenvalue weighted by atomic mass is 10.0. The molecule has 0 aliphatic heterocycles. The number of benzene rings is 3. The molecule has 3 aromatic carbocycles. The van der Waals surface area contributed by atoms with Gasteiger partial charge in [-0.05, 0) is 37.3 Å². The Bertz CT molecular complexity index is 1080. The molecule has 0 N–H and O–H groups in total. The summed E-state index contributed by atoms with van der Waals surface area (Å²) in [5, 5.41) is 10.7. The molecule has 0 unspecified atom stereocenters. The highest BCUT2D eigenvalue weighted by molar-refractivity contribution is 9.10. The maximum atomic E-state index is 5.87. The molecule has 0 saturated heterocycles. The average molecular weight is 435 g/mol. The third-order valence-electron chi connectivity index (χ3n) is 4.38. The van der Waals surface area contributed by atoms with E-state index in [-0.39, 0.29) is 0 Å². The molecule has 5 heteroatoms. The van der Waals surface area contributed by atoms with E-state index in [0.29, 0.717) is 19.1 Å². The van der Waals surface area contributed by atoms with Crippen LogP contribution in [0.4, 0.5) is 0 Å². The number of halogens is 1. The zero-order valence-electron chi connectivity index (χ0n) is 15.4.